The van der Waals surface area contributed by atoms with Gasteiger partial charge in [0.2, 0.25) is 0 Å². The highest BCUT2D eigenvalue weighted by molar-refractivity contribution is 5.34. The second-order valence-corrected chi connectivity index (χ2v) is 6.18. The fourth-order valence-electron chi connectivity index (χ4n) is 2.64. The molecule has 0 radical (unpaired) electrons. The summed E-state index contributed by atoms with van der Waals surface area (Å²) in [5, 5.41) is 8.77. The van der Waals surface area contributed by atoms with Crippen LogP contribution in [-0.2, 0) is 20.1 Å². The molecule has 0 bridgehead atoms. The Hall–Kier alpha value is -2.40. The molecule has 0 spiro atoms. The fourth-order valence-corrected chi connectivity index (χ4v) is 2.64. The molecule has 1 aromatic carbocycles. The Kier molecular flexibility index (Phi) is 4.30. The lowest BCUT2D eigenvalue weighted by molar-refractivity contribution is 0.318. The SMILES string of the molecule is Cc1ccc(-n2cc(CN(C)Cc3cnn(C)c3C)cn2)cc1. The van der Waals surface area contributed by atoms with Crippen LogP contribution < -0.4 is 0 Å². The van der Waals surface area contributed by atoms with Crippen molar-refractivity contribution in [2.45, 2.75) is 26.9 Å². The van der Waals surface area contributed by atoms with E-state index in [1.807, 2.05) is 28.8 Å². The van der Waals surface area contributed by atoms with Crippen molar-refractivity contribution in [3.8, 4) is 5.69 Å². The van der Waals surface area contributed by atoms with Gasteiger partial charge in [-0.3, -0.25) is 9.58 Å². The molecular weight excluding hydrogens is 286 g/mol. The van der Waals surface area contributed by atoms with Crippen molar-refractivity contribution in [3.05, 3.63) is 65.2 Å². The van der Waals surface area contributed by atoms with Gasteiger partial charge in [0, 0.05) is 43.2 Å². The van der Waals surface area contributed by atoms with E-state index in [1.54, 1.807) is 0 Å². The van der Waals surface area contributed by atoms with Crippen molar-refractivity contribution in [2.24, 2.45) is 7.05 Å². The van der Waals surface area contributed by atoms with E-state index in [0.717, 1.165) is 18.8 Å². The molecule has 0 saturated carbocycles. The molecule has 0 fully saturated rings. The third-order valence-electron chi connectivity index (χ3n) is 4.16. The lowest BCUT2D eigenvalue weighted by Crippen LogP contribution is -2.17. The van der Waals surface area contributed by atoms with Crippen LogP contribution in [0.4, 0.5) is 0 Å². The molecular formula is C18H23N5. The van der Waals surface area contributed by atoms with Crippen molar-refractivity contribution in [1.82, 2.24) is 24.5 Å². The molecule has 0 aliphatic rings. The largest absolute Gasteiger partial charge is 0.298 e. The van der Waals surface area contributed by atoms with E-state index < -0.39 is 0 Å². The van der Waals surface area contributed by atoms with Gasteiger partial charge in [0.25, 0.3) is 0 Å². The first-order chi connectivity index (χ1) is 11.0. The van der Waals surface area contributed by atoms with Crippen LogP contribution in [0.25, 0.3) is 5.69 Å². The van der Waals surface area contributed by atoms with Gasteiger partial charge in [0.05, 0.1) is 18.1 Å². The summed E-state index contributed by atoms with van der Waals surface area (Å²) >= 11 is 0. The summed E-state index contributed by atoms with van der Waals surface area (Å²) in [6.45, 7) is 5.94. The minimum absolute atomic E-state index is 0.861. The quantitative estimate of drug-likeness (QED) is 0.727. The minimum atomic E-state index is 0.861. The number of aromatic nitrogens is 4. The second-order valence-electron chi connectivity index (χ2n) is 6.18. The minimum Gasteiger partial charge on any atom is -0.298 e. The zero-order valence-corrected chi connectivity index (χ0v) is 14.2. The highest BCUT2D eigenvalue weighted by Gasteiger charge is 2.09. The number of benzene rings is 1. The topological polar surface area (TPSA) is 38.9 Å². The van der Waals surface area contributed by atoms with Gasteiger partial charge in [-0.15, -0.1) is 0 Å². The van der Waals surface area contributed by atoms with E-state index in [1.165, 1.54) is 22.4 Å². The molecule has 0 unspecified atom stereocenters. The molecule has 0 atom stereocenters. The van der Waals surface area contributed by atoms with Crippen molar-refractivity contribution in [1.29, 1.82) is 0 Å². The Balaban J connectivity index is 1.66. The molecule has 23 heavy (non-hydrogen) atoms. The Morgan fingerprint density at radius 3 is 2.39 bits per heavy atom. The van der Waals surface area contributed by atoms with E-state index in [2.05, 4.69) is 66.5 Å². The number of aryl methyl sites for hydroxylation is 2. The smallest absolute Gasteiger partial charge is 0.0645 e. The van der Waals surface area contributed by atoms with Crippen LogP contribution in [0.5, 0.6) is 0 Å². The molecule has 0 aliphatic heterocycles. The van der Waals surface area contributed by atoms with Gasteiger partial charge in [-0.1, -0.05) is 17.7 Å². The van der Waals surface area contributed by atoms with E-state index in [0.29, 0.717) is 0 Å². The first-order valence-electron chi connectivity index (χ1n) is 7.79. The standard InChI is InChI=1S/C18H23N5/c1-14-5-7-18(8-6-14)23-12-16(9-20-23)11-21(3)13-17-10-19-22(4)15(17)2/h5-10,12H,11,13H2,1-4H3. The summed E-state index contributed by atoms with van der Waals surface area (Å²) in [5.74, 6) is 0. The molecule has 3 aromatic rings. The lowest BCUT2D eigenvalue weighted by atomic mass is 10.2. The third-order valence-corrected chi connectivity index (χ3v) is 4.16. The molecule has 120 valence electrons. The van der Waals surface area contributed by atoms with Gasteiger partial charge >= 0.3 is 0 Å². The Morgan fingerprint density at radius 1 is 1.00 bits per heavy atom. The van der Waals surface area contributed by atoms with E-state index in [9.17, 15) is 0 Å². The number of hydrogen-bond donors (Lipinski definition) is 0. The molecule has 3 rings (SSSR count). The predicted octanol–water partition coefficient (Wildman–Crippen LogP) is 2.85. The second kappa shape index (κ2) is 6.38. The first-order valence-corrected chi connectivity index (χ1v) is 7.79. The average molecular weight is 309 g/mol. The normalized spacial score (nSPS) is 11.3. The van der Waals surface area contributed by atoms with Crippen LogP contribution in [0.2, 0.25) is 0 Å². The molecule has 5 nitrogen and oxygen atoms in total. The molecule has 2 heterocycles. The van der Waals surface area contributed by atoms with Crippen molar-refractivity contribution in [3.63, 3.8) is 0 Å². The van der Waals surface area contributed by atoms with Gasteiger partial charge in [0.15, 0.2) is 0 Å². The molecule has 0 aliphatic carbocycles. The highest BCUT2D eigenvalue weighted by Crippen LogP contribution is 2.13. The summed E-state index contributed by atoms with van der Waals surface area (Å²) in [6, 6.07) is 8.39. The Labute approximate surface area is 137 Å². The van der Waals surface area contributed by atoms with Crippen LogP contribution in [0.1, 0.15) is 22.4 Å². The van der Waals surface area contributed by atoms with Crippen LogP contribution >= 0.6 is 0 Å². The zero-order chi connectivity index (χ0) is 16.4. The van der Waals surface area contributed by atoms with E-state index >= 15 is 0 Å². The predicted molar refractivity (Wildman–Crippen MR) is 91.4 cm³/mol. The van der Waals surface area contributed by atoms with Crippen molar-refractivity contribution < 1.29 is 0 Å². The maximum atomic E-state index is 4.47. The summed E-state index contributed by atoms with van der Waals surface area (Å²) in [6.07, 6.45) is 5.98. The number of rotatable bonds is 5. The van der Waals surface area contributed by atoms with E-state index in [-0.39, 0.29) is 0 Å². The summed E-state index contributed by atoms with van der Waals surface area (Å²) < 4.78 is 3.84. The third kappa shape index (κ3) is 3.51. The Morgan fingerprint density at radius 2 is 1.74 bits per heavy atom. The first kappa shape index (κ1) is 15.5. The lowest BCUT2D eigenvalue weighted by Gasteiger charge is -2.15. The van der Waals surface area contributed by atoms with Gasteiger partial charge < -0.3 is 0 Å². The van der Waals surface area contributed by atoms with Crippen LogP contribution in [-0.4, -0.2) is 31.5 Å². The van der Waals surface area contributed by atoms with Gasteiger partial charge in [-0.05, 0) is 33.0 Å². The summed E-state index contributed by atoms with van der Waals surface area (Å²) in [7, 11) is 4.10. The van der Waals surface area contributed by atoms with Crippen molar-refractivity contribution in [2.75, 3.05) is 7.05 Å². The zero-order valence-electron chi connectivity index (χ0n) is 14.2. The average Bonchev–Trinajstić information content (AvgIpc) is 3.10. The van der Waals surface area contributed by atoms with Crippen LogP contribution in [0.15, 0.2) is 42.9 Å². The molecule has 0 amide bonds. The summed E-state index contributed by atoms with van der Waals surface area (Å²) in [4.78, 5) is 2.28. The van der Waals surface area contributed by atoms with Gasteiger partial charge in [-0.25, -0.2) is 4.68 Å². The van der Waals surface area contributed by atoms with Gasteiger partial charge in [0.1, 0.15) is 0 Å². The molecule has 5 heteroatoms. The highest BCUT2D eigenvalue weighted by atomic mass is 15.3. The van der Waals surface area contributed by atoms with E-state index in [4.69, 9.17) is 0 Å². The number of nitrogens with zero attached hydrogens (tertiary/aromatic N) is 5. The number of hydrogen-bond acceptors (Lipinski definition) is 3. The van der Waals surface area contributed by atoms with Crippen molar-refractivity contribution >= 4 is 0 Å². The molecule has 2 aromatic heterocycles. The van der Waals surface area contributed by atoms with Gasteiger partial charge in [-0.2, -0.15) is 10.2 Å². The van der Waals surface area contributed by atoms with Crippen LogP contribution in [0.3, 0.4) is 0 Å². The molecule has 0 saturated heterocycles. The maximum absolute atomic E-state index is 4.47. The van der Waals surface area contributed by atoms with Crippen LogP contribution in [0, 0.1) is 13.8 Å². The Bertz CT molecular complexity index is 782. The fraction of sp³-hybridized carbons (Fsp3) is 0.333. The maximum Gasteiger partial charge on any atom is 0.0645 e. The molecule has 0 N–H and O–H groups in total. The monoisotopic (exact) mass is 309 g/mol. The summed E-state index contributed by atoms with van der Waals surface area (Å²) in [5.41, 5.74) is 6.03.